The Kier molecular flexibility index (Phi) is 4.61. The van der Waals surface area contributed by atoms with Crippen LogP contribution in [0.1, 0.15) is 54.0 Å². The second-order valence-electron chi connectivity index (χ2n) is 6.75. The first-order valence-corrected chi connectivity index (χ1v) is 8.54. The topological polar surface area (TPSA) is 34.0 Å². The average molecular weight is 326 g/mol. The highest BCUT2D eigenvalue weighted by Gasteiger charge is 2.24. The molecular formula is C20H26N2O2. The minimum Gasteiger partial charge on any atom is -0.379 e. The van der Waals surface area contributed by atoms with Gasteiger partial charge in [0.15, 0.2) is 5.78 Å². The molecule has 1 fully saturated rings. The zero-order valence-corrected chi connectivity index (χ0v) is 15.1. The van der Waals surface area contributed by atoms with Gasteiger partial charge in [0.2, 0.25) is 0 Å². The minimum atomic E-state index is 0.114. The number of aromatic nitrogens is 1. The summed E-state index contributed by atoms with van der Waals surface area (Å²) in [6.07, 6.45) is 2.14. The molecule has 0 spiro atoms. The highest BCUT2D eigenvalue weighted by atomic mass is 16.5. The third-order valence-electron chi connectivity index (χ3n) is 5.05. The number of carbonyl (C=O) groups is 1. The lowest BCUT2D eigenvalue weighted by Gasteiger charge is -2.34. The van der Waals surface area contributed by atoms with Crippen molar-refractivity contribution in [2.75, 3.05) is 26.3 Å². The summed E-state index contributed by atoms with van der Waals surface area (Å²) in [5.41, 5.74) is 6.27. The van der Waals surface area contributed by atoms with E-state index in [0.29, 0.717) is 0 Å². The van der Waals surface area contributed by atoms with Crippen LogP contribution in [0.2, 0.25) is 0 Å². The van der Waals surface area contributed by atoms with E-state index in [0.717, 1.165) is 54.1 Å². The number of allylic oxidation sites excluding steroid dienone is 1. The third-order valence-corrected chi connectivity index (χ3v) is 5.05. The van der Waals surface area contributed by atoms with Gasteiger partial charge in [0, 0.05) is 42.1 Å². The number of pyridine rings is 1. The van der Waals surface area contributed by atoms with Crippen LogP contribution in [0.25, 0.3) is 11.1 Å². The van der Waals surface area contributed by atoms with Gasteiger partial charge in [-0.3, -0.25) is 9.69 Å². The normalized spacial score (nSPS) is 17.2. The van der Waals surface area contributed by atoms with E-state index in [9.17, 15) is 4.79 Å². The summed E-state index contributed by atoms with van der Waals surface area (Å²) >= 11 is 0. The summed E-state index contributed by atoms with van der Waals surface area (Å²) < 4.78 is 7.71. The highest BCUT2D eigenvalue weighted by molar-refractivity contribution is 5.97. The lowest BCUT2D eigenvalue weighted by atomic mass is 9.99. The first kappa shape index (κ1) is 16.9. The number of morpholine rings is 1. The molecule has 2 aromatic rings. The van der Waals surface area contributed by atoms with Crippen LogP contribution in [-0.2, 0) is 4.74 Å². The van der Waals surface area contributed by atoms with Gasteiger partial charge in [-0.1, -0.05) is 6.58 Å². The van der Waals surface area contributed by atoms with Crippen LogP contribution in [0, 0.1) is 6.92 Å². The van der Waals surface area contributed by atoms with E-state index in [-0.39, 0.29) is 11.8 Å². The number of hydrogen-bond donors (Lipinski definition) is 0. The summed E-state index contributed by atoms with van der Waals surface area (Å²) in [5, 5.41) is 0. The molecule has 0 bridgehead atoms. The van der Waals surface area contributed by atoms with Crippen molar-refractivity contribution < 1.29 is 9.53 Å². The minimum absolute atomic E-state index is 0.114. The van der Waals surface area contributed by atoms with E-state index in [4.69, 9.17) is 4.74 Å². The zero-order valence-electron chi connectivity index (χ0n) is 15.1. The molecular weight excluding hydrogens is 300 g/mol. The Balaban J connectivity index is 2.20. The van der Waals surface area contributed by atoms with Crippen molar-refractivity contribution in [1.29, 1.82) is 0 Å². The van der Waals surface area contributed by atoms with Crippen molar-refractivity contribution >= 4 is 16.9 Å². The molecule has 1 aliphatic heterocycles. The van der Waals surface area contributed by atoms with Crippen LogP contribution in [0.15, 0.2) is 24.9 Å². The third kappa shape index (κ3) is 2.92. The molecule has 1 atom stereocenters. The molecule has 0 aliphatic carbocycles. The average Bonchev–Trinajstić information content (AvgIpc) is 2.98. The van der Waals surface area contributed by atoms with Crippen LogP contribution in [0.4, 0.5) is 0 Å². The Morgan fingerprint density at radius 2 is 1.92 bits per heavy atom. The molecule has 0 N–H and O–H groups in total. The fraction of sp³-hybridized carbons (Fsp3) is 0.450. The lowest BCUT2D eigenvalue weighted by molar-refractivity contribution is 0.0187. The molecule has 0 amide bonds. The molecule has 1 saturated heterocycles. The van der Waals surface area contributed by atoms with Gasteiger partial charge in [0.25, 0.3) is 0 Å². The monoisotopic (exact) mass is 326 g/mol. The molecule has 2 aromatic heterocycles. The number of fused-ring (bicyclic) bond motifs is 1. The number of Topliss-reactive ketones (excluding diaryl/α,β-unsaturated/α-hetero) is 1. The van der Waals surface area contributed by atoms with Crippen molar-refractivity contribution in [2.45, 2.75) is 33.7 Å². The maximum atomic E-state index is 12.1. The van der Waals surface area contributed by atoms with Crippen molar-refractivity contribution in [3.05, 3.63) is 47.3 Å². The van der Waals surface area contributed by atoms with Gasteiger partial charge in [0.1, 0.15) is 0 Å². The molecule has 1 unspecified atom stereocenters. The largest absolute Gasteiger partial charge is 0.379 e. The lowest BCUT2D eigenvalue weighted by Crippen LogP contribution is -2.39. The second-order valence-corrected chi connectivity index (χ2v) is 6.75. The first-order valence-electron chi connectivity index (χ1n) is 8.54. The smallest absolute Gasteiger partial charge is 0.160 e. The van der Waals surface area contributed by atoms with Crippen LogP contribution >= 0.6 is 0 Å². The zero-order chi connectivity index (χ0) is 17.4. The molecule has 24 heavy (non-hydrogen) atoms. The quantitative estimate of drug-likeness (QED) is 0.800. The van der Waals surface area contributed by atoms with Crippen molar-refractivity contribution in [3.63, 3.8) is 0 Å². The van der Waals surface area contributed by atoms with Gasteiger partial charge in [-0.25, -0.2) is 0 Å². The fourth-order valence-corrected chi connectivity index (χ4v) is 3.63. The van der Waals surface area contributed by atoms with Gasteiger partial charge in [-0.15, -0.1) is 0 Å². The predicted octanol–water partition coefficient (Wildman–Crippen LogP) is 3.88. The molecule has 3 rings (SSSR count). The van der Waals surface area contributed by atoms with Gasteiger partial charge >= 0.3 is 0 Å². The second kappa shape index (κ2) is 6.54. The Hall–Kier alpha value is -1.91. The number of ketones is 1. The molecule has 0 aromatic carbocycles. The summed E-state index contributed by atoms with van der Waals surface area (Å²) in [5.74, 6) is 0.114. The number of nitrogens with zero attached hydrogens (tertiary/aromatic N) is 2. The molecule has 4 nitrogen and oxygen atoms in total. The number of hydrogen-bond acceptors (Lipinski definition) is 3. The van der Waals surface area contributed by atoms with Gasteiger partial charge in [-0.2, -0.15) is 0 Å². The van der Waals surface area contributed by atoms with E-state index >= 15 is 0 Å². The number of carbonyl (C=O) groups excluding carboxylic acids is 1. The van der Waals surface area contributed by atoms with Crippen LogP contribution in [0.5, 0.6) is 0 Å². The van der Waals surface area contributed by atoms with E-state index < -0.39 is 0 Å². The Morgan fingerprint density at radius 1 is 1.25 bits per heavy atom. The Morgan fingerprint density at radius 3 is 2.50 bits per heavy atom. The molecule has 1 aliphatic rings. The maximum absolute atomic E-state index is 12.1. The van der Waals surface area contributed by atoms with Crippen LogP contribution < -0.4 is 0 Å². The molecule has 4 heteroatoms. The van der Waals surface area contributed by atoms with E-state index in [1.165, 1.54) is 5.69 Å². The fourth-order valence-electron chi connectivity index (χ4n) is 3.63. The number of rotatable bonds is 4. The van der Waals surface area contributed by atoms with Gasteiger partial charge in [-0.05, 0) is 56.5 Å². The molecule has 128 valence electrons. The Labute approximate surface area is 143 Å². The van der Waals surface area contributed by atoms with Crippen LogP contribution in [0.3, 0.4) is 0 Å². The standard InChI is InChI=1S/C20H26N2O2/c1-13(2)17-10-18-11-19(16(5)23)14(3)20(22(18)12-17)15(4)21-6-8-24-9-7-21/h10-12,15H,1,6-9H2,2-5H3. The first-order chi connectivity index (χ1) is 11.4. The Bertz CT molecular complexity index is 798. The highest BCUT2D eigenvalue weighted by Crippen LogP contribution is 2.30. The van der Waals surface area contributed by atoms with E-state index in [1.807, 2.05) is 13.0 Å². The maximum Gasteiger partial charge on any atom is 0.160 e. The summed E-state index contributed by atoms with van der Waals surface area (Å²) in [6.45, 7) is 15.4. The van der Waals surface area contributed by atoms with Crippen molar-refractivity contribution in [3.8, 4) is 0 Å². The SMILES string of the molecule is C=C(C)c1cc2cc(C(C)=O)c(C)c(C(C)N3CCOCC3)n2c1. The summed E-state index contributed by atoms with van der Waals surface area (Å²) in [7, 11) is 0. The van der Waals surface area contributed by atoms with Gasteiger partial charge < -0.3 is 9.14 Å². The molecule has 0 radical (unpaired) electrons. The molecule has 0 saturated carbocycles. The van der Waals surface area contributed by atoms with Crippen molar-refractivity contribution in [2.24, 2.45) is 0 Å². The van der Waals surface area contributed by atoms with E-state index in [2.05, 4.69) is 42.0 Å². The van der Waals surface area contributed by atoms with Gasteiger partial charge in [0.05, 0.1) is 13.2 Å². The predicted molar refractivity (Wildman–Crippen MR) is 97.7 cm³/mol. The summed E-state index contributed by atoms with van der Waals surface area (Å²) in [6, 6.07) is 4.34. The molecule has 3 heterocycles. The summed E-state index contributed by atoms with van der Waals surface area (Å²) in [4.78, 5) is 14.6. The number of ether oxygens (including phenoxy) is 1. The van der Waals surface area contributed by atoms with E-state index in [1.54, 1.807) is 6.92 Å². The van der Waals surface area contributed by atoms with Crippen LogP contribution in [-0.4, -0.2) is 41.4 Å². The van der Waals surface area contributed by atoms with Crippen molar-refractivity contribution in [1.82, 2.24) is 9.30 Å².